The van der Waals surface area contributed by atoms with Crippen LogP contribution in [0, 0.1) is 10.1 Å². The fraction of sp³-hybridized carbons (Fsp3) is 0.200. The Kier molecular flexibility index (Phi) is 6.34. The average molecular weight is 418 g/mol. The van der Waals surface area contributed by atoms with E-state index >= 15 is 0 Å². The first kappa shape index (κ1) is 20.3. The Labute approximate surface area is 158 Å². The van der Waals surface area contributed by atoms with Crippen molar-refractivity contribution in [3.8, 4) is 0 Å². The summed E-state index contributed by atoms with van der Waals surface area (Å²) in [6, 6.07) is 8.41. The van der Waals surface area contributed by atoms with Gasteiger partial charge < -0.3 is 5.32 Å². The first-order valence-electron chi connectivity index (χ1n) is 7.21. The molecule has 0 heterocycles. The molecule has 0 fully saturated rings. The molecule has 0 amide bonds. The van der Waals surface area contributed by atoms with Crippen LogP contribution < -0.4 is 10.0 Å². The minimum atomic E-state index is -3.80. The number of nitro groups is 1. The smallest absolute Gasteiger partial charge is 0.294 e. The summed E-state index contributed by atoms with van der Waals surface area (Å²) in [4.78, 5) is 10.5. The molecule has 1 unspecified atom stereocenters. The van der Waals surface area contributed by atoms with E-state index in [-0.39, 0.29) is 16.3 Å². The summed E-state index contributed by atoms with van der Waals surface area (Å²) in [6.07, 6.45) is 1.54. The molecule has 11 heteroatoms. The lowest BCUT2D eigenvalue weighted by molar-refractivity contribution is -0.384. The lowest BCUT2D eigenvalue weighted by Crippen LogP contribution is -2.18. The zero-order valence-corrected chi connectivity index (χ0v) is 16.2. The van der Waals surface area contributed by atoms with Gasteiger partial charge in [-0.15, -0.1) is 0 Å². The van der Waals surface area contributed by atoms with Crippen LogP contribution in [0.3, 0.4) is 0 Å². The van der Waals surface area contributed by atoms with E-state index in [1.165, 1.54) is 19.2 Å². The number of nitrogens with zero attached hydrogens (tertiary/aromatic N) is 1. The van der Waals surface area contributed by atoms with E-state index < -0.39 is 31.4 Å². The van der Waals surface area contributed by atoms with E-state index in [4.69, 9.17) is 11.6 Å². The van der Waals surface area contributed by atoms with Crippen molar-refractivity contribution in [2.45, 2.75) is 10.6 Å². The van der Waals surface area contributed by atoms with E-state index in [1.807, 2.05) is 0 Å². The molecule has 0 bridgehead atoms. The molecule has 2 N–H and O–H groups in total. The molecule has 26 heavy (non-hydrogen) atoms. The van der Waals surface area contributed by atoms with Crippen molar-refractivity contribution in [1.82, 2.24) is 4.72 Å². The molecule has 8 nitrogen and oxygen atoms in total. The standard InChI is InChI=1S/C15H16ClN3O5S2/c1-17-26(23,24)12-4-6-14(15(8-12)19(20)21)18-11-3-5-13(16)10(7-11)9-25(2)22/h3-8,17-18H,9H2,1-2H3. The normalized spacial score (nSPS) is 12.6. The quantitative estimate of drug-likeness (QED) is 0.528. The molecule has 2 aromatic rings. The van der Waals surface area contributed by atoms with E-state index in [9.17, 15) is 22.7 Å². The van der Waals surface area contributed by atoms with Crippen LogP contribution >= 0.6 is 11.6 Å². The molecular weight excluding hydrogens is 402 g/mol. The Balaban J connectivity index is 2.44. The molecule has 0 radical (unpaired) electrons. The van der Waals surface area contributed by atoms with Crippen LogP contribution in [-0.4, -0.2) is 30.9 Å². The average Bonchev–Trinajstić information content (AvgIpc) is 2.57. The number of nitro benzene ring substituents is 1. The molecule has 0 saturated heterocycles. The molecule has 2 aromatic carbocycles. The zero-order valence-electron chi connectivity index (χ0n) is 13.9. The third kappa shape index (κ3) is 4.79. The summed E-state index contributed by atoms with van der Waals surface area (Å²) in [7, 11) is -3.68. The monoisotopic (exact) mass is 417 g/mol. The summed E-state index contributed by atoms with van der Waals surface area (Å²) >= 11 is 6.07. The number of sulfonamides is 1. The minimum Gasteiger partial charge on any atom is -0.350 e. The van der Waals surface area contributed by atoms with Gasteiger partial charge in [0.1, 0.15) is 5.69 Å². The number of nitrogens with one attached hydrogen (secondary N) is 2. The van der Waals surface area contributed by atoms with Gasteiger partial charge in [0.2, 0.25) is 10.0 Å². The predicted octanol–water partition coefficient (Wildman–Crippen LogP) is 2.78. The van der Waals surface area contributed by atoms with Crippen LogP contribution in [0.1, 0.15) is 5.56 Å². The number of hydrogen-bond donors (Lipinski definition) is 2. The highest BCUT2D eigenvalue weighted by Crippen LogP contribution is 2.31. The zero-order chi connectivity index (χ0) is 19.5. The van der Waals surface area contributed by atoms with Gasteiger partial charge in [-0.1, -0.05) is 11.6 Å². The molecule has 1 atom stereocenters. The molecule has 0 aliphatic rings. The van der Waals surface area contributed by atoms with Gasteiger partial charge >= 0.3 is 0 Å². The van der Waals surface area contributed by atoms with Gasteiger partial charge in [-0.05, 0) is 42.9 Å². The molecule has 2 rings (SSSR count). The summed E-state index contributed by atoms with van der Waals surface area (Å²) in [5, 5.41) is 14.7. The molecular formula is C15H16ClN3O5S2. The van der Waals surface area contributed by atoms with Gasteiger partial charge in [0.05, 0.1) is 9.82 Å². The number of anilines is 2. The summed E-state index contributed by atoms with van der Waals surface area (Å²) in [5.41, 5.74) is 0.865. The Hall–Kier alpha value is -2.01. The van der Waals surface area contributed by atoms with Crippen LogP contribution in [0.15, 0.2) is 41.3 Å². The number of hydrogen-bond acceptors (Lipinski definition) is 6. The van der Waals surface area contributed by atoms with E-state index in [0.717, 1.165) is 6.07 Å². The first-order valence-corrected chi connectivity index (χ1v) is 10.8. The maximum absolute atomic E-state index is 11.8. The highest BCUT2D eigenvalue weighted by molar-refractivity contribution is 7.89. The van der Waals surface area contributed by atoms with Crippen molar-refractivity contribution in [1.29, 1.82) is 0 Å². The van der Waals surface area contributed by atoms with Crippen molar-refractivity contribution in [3.05, 3.63) is 57.1 Å². The number of halogens is 1. The molecule has 0 aliphatic heterocycles. The lowest BCUT2D eigenvalue weighted by atomic mass is 10.2. The van der Waals surface area contributed by atoms with Crippen molar-refractivity contribution in [2.75, 3.05) is 18.6 Å². The number of benzene rings is 2. The molecule has 140 valence electrons. The Morgan fingerprint density at radius 1 is 1.23 bits per heavy atom. The van der Waals surface area contributed by atoms with E-state index in [0.29, 0.717) is 16.3 Å². The van der Waals surface area contributed by atoms with Crippen molar-refractivity contribution < 1.29 is 17.6 Å². The second-order valence-electron chi connectivity index (χ2n) is 5.29. The fourth-order valence-electron chi connectivity index (χ4n) is 2.19. The third-order valence-corrected chi connectivity index (χ3v) is 5.93. The first-order chi connectivity index (χ1) is 12.1. The highest BCUT2D eigenvalue weighted by atomic mass is 35.5. The van der Waals surface area contributed by atoms with Crippen LogP contribution in [0.4, 0.5) is 17.1 Å². The van der Waals surface area contributed by atoms with Crippen molar-refractivity contribution >= 4 is 49.5 Å². The second kappa shape index (κ2) is 8.12. The summed E-state index contributed by atoms with van der Waals surface area (Å²) < 4.78 is 37.2. The SMILES string of the molecule is CNS(=O)(=O)c1ccc(Nc2ccc(Cl)c(CS(C)=O)c2)c([N+](=O)[O-])c1. The van der Waals surface area contributed by atoms with Gasteiger partial charge in [-0.3, -0.25) is 14.3 Å². The topological polar surface area (TPSA) is 118 Å². The van der Waals surface area contributed by atoms with Gasteiger partial charge in [-0.25, -0.2) is 13.1 Å². The van der Waals surface area contributed by atoms with Crippen LogP contribution in [0.25, 0.3) is 0 Å². The fourth-order valence-corrected chi connectivity index (χ4v) is 3.88. The predicted molar refractivity (Wildman–Crippen MR) is 102 cm³/mol. The van der Waals surface area contributed by atoms with E-state index in [2.05, 4.69) is 10.0 Å². The van der Waals surface area contributed by atoms with Gasteiger partial charge in [0.25, 0.3) is 5.69 Å². The summed E-state index contributed by atoms with van der Waals surface area (Å²) in [5.74, 6) is 0.246. The van der Waals surface area contributed by atoms with Gasteiger partial charge in [-0.2, -0.15) is 0 Å². The largest absolute Gasteiger partial charge is 0.350 e. The Morgan fingerprint density at radius 3 is 2.50 bits per heavy atom. The second-order valence-corrected chi connectivity index (χ2v) is 9.02. The van der Waals surface area contributed by atoms with Crippen LogP contribution in [0.2, 0.25) is 5.02 Å². The molecule has 0 aliphatic carbocycles. The molecule has 0 saturated carbocycles. The highest BCUT2D eigenvalue weighted by Gasteiger charge is 2.20. The van der Waals surface area contributed by atoms with Gasteiger partial charge in [0.15, 0.2) is 0 Å². The Morgan fingerprint density at radius 2 is 1.92 bits per heavy atom. The Bertz CT molecular complexity index is 979. The van der Waals surface area contributed by atoms with Crippen LogP contribution in [0.5, 0.6) is 0 Å². The molecule has 0 spiro atoms. The lowest BCUT2D eigenvalue weighted by Gasteiger charge is -2.11. The van der Waals surface area contributed by atoms with Crippen molar-refractivity contribution in [2.24, 2.45) is 0 Å². The maximum Gasteiger partial charge on any atom is 0.294 e. The molecule has 0 aromatic heterocycles. The van der Waals surface area contributed by atoms with Crippen molar-refractivity contribution in [3.63, 3.8) is 0 Å². The number of rotatable bonds is 7. The third-order valence-electron chi connectivity index (χ3n) is 3.43. The van der Waals surface area contributed by atoms with Crippen LogP contribution in [-0.2, 0) is 26.6 Å². The van der Waals surface area contributed by atoms with E-state index in [1.54, 1.807) is 24.5 Å². The maximum atomic E-state index is 11.8. The summed E-state index contributed by atoms with van der Waals surface area (Å²) in [6.45, 7) is 0. The minimum absolute atomic E-state index is 0.121. The van der Waals surface area contributed by atoms with Gasteiger partial charge in [0, 0.05) is 39.6 Å².